The molecule has 1 aromatic carbocycles. The van der Waals surface area contributed by atoms with Gasteiger partial charge in [0, 0.05) is 19.7 Å². The molecule has 0 saturated carbocycles. The lowest BCUT2D eigenvalue weighted by Gasteiger charge is -2.08. The van der Waals surface area contributed by atoms with E-state index in [0.717, 1.165) is 36.3 Å². The zero-order valence-electron chi connectivity index (χ0n) is 17.3. The number of benzene rings is 1. The van der Waals surface area contributed by atoms with E-state index in [1.54, 1.807) is 18.0 Å². The minimum atomic E-state index is -4.39. The van der Waals surface area contributed by atoms with Gasteiger partial charge >= 0.3 is 6.18 Å². The summed E-state index contributed by atoms with van der Waals surface area (Å²) < 4.78 is 42.6. The molecule has 0 radical (unpaired) electrons. The van der Waals surface area contributed by atoms with Crippen molar-refractivity contribution in [3.05, 3.63) is 48.0 Å². The van der Waals surface area contributed by atoms with Crippen LogP contribution in [0.1, 0.15) is 30.8 Å². The lowest BCUT2D eigenvalue weighted by Crippen LogP contribution is -2.13. The molecule has 2 aromatic heterocycles. The minimum Gasteiger partial charge on any atom is -0.394 e. The summed E-state index contributed by atoms with van der Waals surface area (Å²) in [6.45, 7) is 2.11. The maximum absolute atomic E-state index is 12.0. The first kappa shape index (κ1) is 26.2. The highest BCUT2D eigenvalue weighted by Crippen LogP contribution is 2.29. The number of ether oxygens (including phenoxy) is 1. The summed E-state index contributed by atoms with van der Waals surface area (Å²) in [6.07, 6.45) is -2.11. The summed E-state index contributed by atoms with van der Waals surface area (Å²) in [4.78, 5) is 11.9. The molecule has 2 heterocycles. The SMILES string of the molecule is CCC(CO)OC.Cn1cnc2c(N)ncnc21.OC(O)c1ccc(C(F)(F)F)cc1. The number of rotatable bonds is 4. The van der Waals surface area contributed by atoms with Crippen molar-refractivity contribution in [2.45, 2.75) is 31.9 Å². The molecular formula is C19H26F3N5O4. The van der Waals surface area contributed by atoms with E-state index in [0.29, 0.717) is 11.3 Å². The molecule has 0 saturated heterocycles. The van der Waals surface area contributed by atoms with Crippen molar-refractivity contribution in [1.29, 1.82) is 0 Å². The smallest absolute Gasteiger partial charge is 0.394 e. The summed E-state index contributed by atoms with van der Waals surface area (Å²) >= 11 is 0. The van der Waals surface area contributed by atoms with Crippen LogP contribution in [0.15, 0.2) is 36.9 Å². The number of nitrogens with zero attached hydrogens (tertiary/aromatic N) is 4. The number of methoxy groups -OCH3 is 1. The largest absolute Gasteiger partial charge is 0.416 e. The van der Waals surface area contributed by atoms with Crippen molar-refractivity contribution in [2.75, 3.05) is 19.5 Å². The Balaban J connectivity index is 0.000000244. The summed E-state index contributed by atoms with van der Waals surface area (Å²) in [7, 11) is 3.46. The van der Waals surface area contributed by atoms with Crippen LogP contribution in [0.3, 0.4) is 0 Å². The highest BCUT2D eigenvalue weighted by atomic mass is 19.4. The van der Waals surface area contributed by atoms with Gasteiger partial charge in [-0.15, -0.1) is 0 Å². The topological polar surface area (TPSA) is 140 Å². The van der Waals surface area contributed by atoms with E-state index in [4.69, 9.17) is 25.8 Å². The van der Waals surface area contributed by atoms with Gasteiger partial charge in [-0.25, -0.2) is 15.0 Å². The Kier molecular flexibility index (Phi) is 10.3. The van der Waals surface area contributed by atoms with E-state index < -0.39 is 18.0 Å². The van der Waals surface area contributed by atoms with Crippen molar-refractivity contribution in [1.82, 2.24) is 19.5 Å². The van der Waals surface area contributed by atoms with Crippen LogP contribution in [-0.2, 0) is 18.0 Å². The Morgan fingerprint density at radius 1 is 1.13 bits per heavy atom. The lowest BCUT2D eigenvalue weighted by atomic mass is 10.1. The summed E-state index contributed by atoms with van der Waals surface area (Å²) in [5.74, 6) is 0.426. The van der Waals surface area contributed by atoms with E-state index >= 15 is 0 Å². The van der Waals surface area contributed by atoms with Crippen LogP contribution in [0.2, 0.25) is 0 Å². The van der Waals surface area contributed by atoms with Crippen molar-refractivity contribution in [3.63, 3.8) is 0 Å². The number of alkyl halides is 3. The lowest BCUT2D eigenvalue weighted by molar-refractivity contribution is -0.137. The second-order valence-corrected chi connectivity index (χ2v) is 6.23. The van der Waals surface area contributed by atoms with Crippen molar-refractivity contribution < 1.29 is 33.2 Å². The third-order valence-corrected chi connectivity index (χ3v) is 4.05. The zero-order chi connectivity index (χ0) is 23.6. The Labute approximate surface area is 177 Å². The van der Waals surface area contributed by atoms with Crippen LogP contribution in [0.4, 0.5) is 19.0 Å². The van der Waals surface area contributed by atoms with Crippen LogP contribution >= 0.6 is 0 Å². The first-order valence-corrected chi connectivity index (χ1v) is 9.09. The van der Waals surface area contributed by atoms with Crippen molar-refractivity contribution >= 4 is 17.0 Å². The second kappa shape index (κ2) is 12.2. The number of hydrogen-bond acceptors (Lipinski definition) is 8. The van der Waals surface area contributed by atoms with Gasteiger partial charge in [-0.05, 0) is 18.6 Å². The fraction of sp³-hybridized carbons (Fsp3) is 0.421. The van der Waals surface area contributed by atoms with Gasteiger partial charge in [-0.3, -0.25) is 0 Å². The molecule has 1 atom stereocenters. The molecule has 5 N–H and O–H groups in total. The maximum atomic E-state index is 12.0. The van der Waals surface area contributed by atoms with Gasteiger partial charge < -0.3 is 30.4 Å². The van der Waals surface area contributed by atoms with Gasteiger partial charge in [0.05, 0.1) is 24.6 Å². The number of halogens is 3. The quantitative estimate of drug-likeness (QED) is 0.448. The highest BCUT2D eigenvalue weighted by Gasteiger charge is 2.30. The van der Waals surface area contributed by atoms with E-state index in [-0.39, 0.29) is 18.3 Å². The average molecular weight is 445 g/mol. The number of nitrogens with two attached hydrogens (primary N) is 1. The van der Waals surface area contributed by atoms with Gasteiger partial charge in [0.15, 0.2) is 17.8 Å². The Bertz CT molecular complexity index is 908. The Morgan fingerprint density at radius 3 is 2.13 bits per heavy atom. The molecular weight excluding hydrogens is 419 g/mol. The number of imidazole rings is 1. The van der Waals surface area contributed by atoms with E-state index in [2.05, 4.69) is 15.0 Å². The molecule has 172 valence electrons. The molecule has 3 aromatic rings. The Morgan fingerprint density at radius 2 is 1.74 bits per heavy atom. The summed E-state index contributed by atoms with van der Waals surface area (Å²) in [6, 6.07) is 3.64. The zero-order valence-corrected chi connectivity index (χ0v) is 17.3. The fourth-order valence-corrected chi connectivity index (χ4v) is 2.18. The molecule has 0 fully saturated rings. The van der Waals surface area contributed by atoms with E-state index in [1.807, 2.05) is 14.0 Å². The molecule has 0 aliphatic rings. The second-order valence-electron chi connectivity index (χ2n) is 6.23. The van der Waals surface area contributed by atoms with Gasteiger partial charge in [0.2, 0.25) is 0 Å². The van der Waals surface area contributed by atoms with Gasteiger partial charge in [0.1, 0.15) is 11.8 Å². The number of fused-ring (bicyclic) bond motifs is 1. The molecule has 0 aliphatic carbocycles. The molecule has 0 amide bonds. The number of hydrogen-bond donors (Lipinski definition) is 4. The fourth-order valence-electron chi connectivity index (χ4n) is 2.18. The number of aryl methyl sites for hydroxylation is 1. The molecule has 12 heteroatoms. The van der Waals surface area contributed by atoms with Crippen LogP contribution in [0, 0.1) is 0 Å². The van der Waals surface area contributed by atoms with Crippen molar-refractivity contribution in [2.24, 2.45) is 7.05 Å². The van der Waals surface area contributed by atoms with E-state index in [9.17, 15) is 13.2 Å². The Hall–Kier alpha value is -2.80. The molecule has 0 spiro atoms. The first-order chi connectivity index (χ1) is 14.5. The third kappa shape index (κ3) is 8.09. The monoisotopic (exact) mass is 445 g/mol. The van der Waals surface area contributed by atoms with Crippen LogP contribution < -0.4 is 5.73 Å². The van der Waals surface area contributed by atoms with Crippen LogP contribution in [0.5, 0.6) is 0 Å². The normalized spacial score (nSPS) is 12.1. The molecule has 1 unspecified atom stereocenters. The number of aliphatic hydroxyl groups excluding tert-OH is 2. The number of aliphatic hydroxyl groups is 3. The van der Waals surface area contributed by atoms with Crippen LogP contribution in [-0.4, -0.2) is 54.7 Å². The first-order valence-electron chi connectivity index (χ1n) is 9.09. The summed E-state index contributed by atoms with van der Waals surface area (Å²) in [5.41, 5.74) is 6.19. The minimum absolute atomic E-state index is 0.0352. The van der Waals surface area contributed by atoms with Gasteiger partial charge in [0.25, 0.3) is 0 Å². The van der Waals surface area contributed by atoms with Crippen LogP contribution in [0.25, 0.3) is 11.2 Å². The molecule has 0 bridgehead atoms. The third-order valence-electron chi connectivity index (χ3n) is 4.05. The summed E-state index contributed by atoms with van der Waals surface area (Å²) in [5, 5.41) is 25.6. The molecule has 0 aliphatic heterocycles. The predicted molar refractivity (Wildman–Crippen MR) is 108 cm³/mol. The number of aromatic nitrogens is 4. The highest BCUT2D eigenvalue weighted by molar-refractivity contribution is 5.80. The number of anilines is 1. The predicted octanol–water partition coefficient (Wildman–Crippen LogP) is 2.04. The number of nitrogen functional groups attached to an aromatic ring is 1. The maximum Gasteiger partial charge on any atom is 0.416 e. The molecule has 31 heavy (non-hydrogen) atoms. The van der Waals surface area contributed by atoms with Gasteiger partial charge in [-0.2, -0.15) is 13.2 Å². The average Bonchev–Trinajstić information content (AvgIpc) is 3.12. The van der Waals surface area contributed by atoms with Crippen molar-refractivity contribution in [3.8, 4) is 0 Å². The standard InChI is InChI=1S/C8H7F3O2.C6H7N5.C5H12O2/c9-8(10,11)6-3-1-5(2-4-6)7(12)13;1-11-3-10-4-5(7)8-2-9-6(4)11;1-3-5(4-6)7-2/h1-4,7,12-13H;2-3H,1H3,(H2,7,8,9);5-6H,3-4H2,1-2H3. The van der Waals surface area contributed by atoms with E-state index in [1.165, 1.54) is 6.33 Å². The molecule has 9 nitrogen and oxygen atoms in total. The molecule has 3 rings (SSSR count). The van der Waals surface area contributed by atoms with Gasteiger partial charge in [-0.1, -0.05) is 19.1 Å².